The molecular formula is C19H19FN2OS2. The molecule has 0 spiro atoms. The van der Waals surface area contributed by atoms with Gasteiger partial charge in [-0.25, -0.2) is 4.39 Å². The van der Waals surface area contributed by atoms with Crippen molar-refractivity contribution in [2.24, 2.45) is 4.99 Å². The van der Waals surface area contributed by atoms with Crippen LogP contribution in [0.3, 0.4) is 0 Å². The van der Waals surface area contributed by atoms with Gasteiger partial charge in [0.15, 0.2) is 0 Å². The van der Waals surface area contributed by atoms with Gasteiger partial charge in [0, 0.05) is 23.6 Å². The molecule has 0 bridgehead atoms. The summed E-state index contributed by atoms with van der Waals surface area (Å²) < 4.78 is 14.0. The highest BCUT2D eigenvalue weighted by Gasteiger charge is 2.13. The van der Waals surface area contributed by atoms with E-state index in [1.54, 1.807) is 35.7 Å². The lowest BCUT2D eigenvalue weighted by atomic mass is 10.1. The molecule has 130 valence electrons. The number of benzene rings is 2. The molecule has 0 aliphatic carbocycles. The van der Waals surface area contributed by atoms with Gasteiger partial charge in [0.2, 0.25) is 0 Å². The number of nitrogens with one attached hydrogen (secondary N) is 1. The summed E-state index contributed by atoms with van der Waals surface area (Å²) in [6.45, 7) is 1.41. The van der Waals surface area contributed by atoms with Gasteiger partial charge in [-0.1, -0.05) is 53.9 Å². The highest BCUT2D eigenvalue weighted by molar-refractivity contribution is 8.38. The van der Waals surface area contributed by atoms with E-state index in [2.05, 4.69) is 10.3 Å². The van der Waals surface area contributed by atoms with Gasteiger partial charge in [-0.15, -0.1) is 0 Å². The van der Waals surface area contributed by atoms with Crippen molar-refractivity contribution < 1.29 is 9.18 Å². The van der Waals surface area contributed by atoms with E-state index < -0.39 is 0 Å². The summed E-state index contributed by atoms with van der Waals surface area (Å²) in [6.07, 6.45) is 0.677. The van der Waals surface area contributed by atoms with Crippen LogP contribution in [0.1, 0.15) is 21.5 Å². The molecule has 1 aliphatic rings. The van der Waals surface area contributed by atoms with E-state index in [-0.39, 0.29) is 11.7 Å². The minimum atomic E-state index is -0.246. The maximum Gasteiger partial charge on any atom is 0.251 e. The molecule has 1 N–H and O–H groups in total. The molecule has 3 nitrogen and oxygen atoms in total. The summed E-state index contributed by atoms with van der Waals surface area (Å²) in [4.78, 5) is 16.9. The molecule has 0 atom stereocenters. The van der Waals surface area contributed by atoms with Crippen LogP contribution in [0.25, 0.3) is 0 Å². The molecule has 1 amide bonds. The third-order valence-electron chi connectivity index (χ3n) is 3.78. The van der Waals surface area contributed by atoms with E-state index in [0.29, 0.717) is 18.5 Å². The Bertz CT molecular complexity index is 762. The number of hydrogen-bond acceptors (Lipinski definition) is 4. The van der Waals surface area contributed by atoms with E-state index in [4.69, 9.17) is 0 Å². The molecule has 1 aliphatic heterocycles. The second-order valence-corrected chi connectivity index (χ2v) is 7.88. The first-order valence-electron chi connectivity index (χ1n) is 8.13. The normalized spacial score (nSPS) is 13.6. The van der Waals surface area contributed by atoms with Crippen molar-refractivity contribution in [2.75, 3.05) is 18.8 Å². The summed E-state index contributed by atoms with van der Waals surface area (Å²) in [5.41, 5.74) is 2.72. The molecule has 2 aromatic carbocycles. The van der Waals surface area contributed by atoms with Crippen molar-refractivity contribution in [2.45, 2.75) is 12.2 Å². The maximum atomic E-state index is 12.9. The molecule has 2 aromatic rings. The lowest BCUT2D eigenvalue weighted by molar-refractivity contribution is 0.0953. The summed E-state index contributed by atoms with van der Waals surface area (Å²) in [6, 6.07) is 14.0. The molecule has 6 heteroatoms. The van der Waals surface area contributed by atoms with Gasteiger partial charge in [0.05, 0.1) is 6.54 Å². The van der Waals surface area contributed by atoms with Crippen molar-refractivity contribution in [3.63, 3.8) is 0 Å². The SMILES string of the molecule is O=C(NCCc1ccc(F)cc1)c1ccccc1CSC1=NCCS1. The second-order valence-electron chi connectivity index (χ2n) is 5.57. The first-order chi connectivity index (χ1) is 12.2. The van der Waals surface area contributed by atoms with Crippen LogP contribution in [-0.4, -0.2) is 29.1 Å². The van der Waals surface area contributed by atoms with E-state index >= 15 is 0 Å². The Hall–Kier alpha value is -1.79. The third kappa shape index (κ3) is 5.34. The van der Waals surface area contributed by atoms with E-state index in [1.807, 2.05) is 24.3 Å². The molecule has 25 heavy (non-hydrogen) atoms. The van der Waals surface area contributed by atoms with Crippen molar-refractivity contribution in [3.8, 4) is 0 Å². The number of rotatable bonds is 6. The molecule has 0 saturated heterocycles. The van der Waals surface area contributed by atoms with E-state index in [1.165, 1.54) is 12.1 Å². The summed E-state index contributed by atoms with van der Waals surface area (Å²) in [7, 11) is 0. The highest BCUT2D eigenvalue weighted by atomic mass is 32.2. The van der Waals surface area contributed by atoms with Crippen LogP contribution in [-0.2, 0) is 12.2 Å². The van der Waals surface area contributed by atoms with Crippen LogP contribution < -0.4 is 5.32 Å². The third-order valence-corrected chi connectivity index (χ3v) is 6.08. The van der Waals surface area contributed by atoms with Crippen LogP contribution in [0.5, 0.6) is 0 Å². The lowest BCUT2D eigenvalue weighted by Crippen LogP contribution is -2.26. The largest absolute Gasteiger partial charge is 0.352 e. The maximum absolute atomic E-state index is 12.9. The van der Waals surface area contributed by atoms with Gasteiger partial charge >= 0.3 is 0 Å². The Balaban J connectivity index is 1.55. The zero-order valence-corrected chi connectivity index (χ0v) is 15.3. The Kier molecular flexibility index (Phi) is 6.53. The number of carbonyl (C=O) groups is 1. The van der Waals surface area contributed by atoms with Crippen molar-refractivity contribution in [3.05, 3.63) is 71.0 Å². The van der Waals surface area contributed by atoms with Crippen LogP contribution in [0, 0.1) is 5.82 Å². The van der Waals surface area contributed by atoms with Gasteiger partial charge in [-0.05, 0) is 35.7 Å². The molecule has 0 saturated carbocycles. The monoisotopic (exact) mass is 374 g/mol. The van der Waals surface area contributed by atoms with Crippen molar-refractivity contribution >= 4 is 33.8 Å². The minimum absolute atomic E-state index is 0.0701. The average Bonchev–Trinajstić information content (AvgIpc) is 3.15. The Labute approximate surface area is 155 Å². The predicted octanol–water partition coefficient (Wildman–Crippen LogP) is 4.13. The first kappa shape index (κ1) is 18.0. The zero-order chi connectivity index (χ0) is 17.5. The van der Waals surface area contributed by atoms with Crippen LogP contribution in [0.15, 0.2) is 53.5 Å². The summed E-state index contributed by atoms with van der Waals surface area (Å²) in [5, 5.41) is 2.95. The van der Waals surface area contributed by atoms with Gasteiger partial charge in [0.25, 0.3) is 5.91 Å². The van der Waals surface area contributed by atoms with Gasteiger partial charge in [0.1, 0.15) is 10.2 Å². The predicted molar refractivity (Wildman–Crippen MR) is 105 cm³/mol. The van der Waals surface area contributed by atoms with Crippen molar-refractivity contribution in [1.82, 2.24) is 5.32 Å². The van der Waals surface area contributed by atoms with Crippen LogP contribution in [0.4, 0.5) is 4.39 Å². The van der Waals surface area contributed by atoms with Crippen molar-refractivity contribution in [1.29, 1.82) is 0 Å². The fourth-order valence-corrected chi connectivity index (χ4v) is 4.49. The van der Waals surface area contributed by atoms with Gasteiger partial charge in [-0.3, -0.25) is 9.79 Å². The Morgan fingerprint density at radius 2 is 2.00 bits per heavy atom. The van der Waals surface area contributed by atoms with Gasteiger partial charge in [-0.2, -0.15) is 0 Å². The molecule has 3 rings (SSSR count). The number of thioether (sulfide) groups is 2. The van der Waals surface area contributed by atoms with E-state index in [0.717, 1.165) is 33.6 Å². The second kappa shape index (κ2) is 9.06. The van der Waals surface area contributed by atoms with E-state index in [9.17, 15) is 9.18 Å². The fourth-order valence-electron chi connectivity index (χ4n) is 2.48. The Morgan fingerprint density at radius 1 is 1.20 bits per heavy atom. The molecular weight excluding hydrogens is 355 g/mol. The fraction of sp³-hybridized carbons (Fsp3) is 0.263. The molecule has 0 unspecified atom stereocenters. The smallest absolute Gasteiger partial charge is 0.251 e. The Morgan fingerprint density at radius 3 is 2.76 bits per heavy atom. The number of hydrogen-bond donors (Lipinski definition) is 1. The number of carbonyl (C=O) groups excluding carboxylic acids is 1. The molecule has 0 radical (unpaired) electrons. The zero-order valence-electron chi connectivity index (χ0n) is 13.7. The average molecular weight is 375 g/mol. The topological polar surface area (TPSA) is 41.5 Å². The summed E-state index contributed by atoms with van der Waals surface area (Å²) in [5.74, 6) is 1.48. The number of aliphatic imine (C=N–C) groups is 1. The standard InChI is InChI=1S/C19H19FN2OS2/c20-16-7-5-14(6-8-16)9-10-21-18(23)17-4-2-1-3-15(17)13-25-19-22-11-12-24-19/h1-8H,9-13H2,(H,21,23). The van der Waals surface area contributed by atoms with Crippen LogP contribution in [0.2, 0.25) is 0 Å². The number of nitrogens with zero attached hydrogens (tertiary/aromatic N) is 1. The number of halogens is 1. The van der Waals surface area contributed by atoms with Crippen LogP contribution >= 0.6 is 23.5 Å². The number of amides is 1. The minimum Gasteiger partial charge on any atom is -0.352 e. The first-order valence-corrected chi connectivity index (χ1v) is 10.1. The van der Waals surface area contributed by atoms with Gasteiger partial charge < -0.3 is 5.32 Å². The summed E-state index contributed by atoms with van der Waals surface area (Å²) >= 11 is 3.46. The quantitative estimate of drug-likeness (QED) is 0.826. The molecule has 0 aromatic heterocycles. The lowest BCUT2D eigenvalue weighted by Gasteiger charge is -2.10. The highest BCUT2D eigenvalue weighted by Crippen LogP contribution is 2.26. The molecule has 0 fully saturated rings. The molecule has 1 heterocycles.